The van der Waals surface area contributed by atoms with Crippen LogP contribution < -0.4 is 5.32 Å². The van der Waals surface area contributed by atoms with Crippen LogP contribution in [0, 0.1) is 5.92 Å². The van der Waals surface area contributed by atoms with Gasteiger partial charge in [-0.1, -0.05) is 18.2 Å². The van der Waals surface area contributed by atoms with Crippen molar-refractivity contribution in [3.8, 4) is 0 Å². The normalized spacial score (nSPS) is 19.2. The quantitative estimate of drug-likeness (QED) is 0.911. The molecule has 0 saturated carbocycles. The van der Waals surface area contributed by atoms with Crippen LogP contribution in [0.15, 0.2) is 30.3 Å². The molecule has 1 unspecified atom stereocenters. The zero-order valence-corrected chi connectivity index (χ0v) is 11.5. The zero-order valence-electron chi connectivity index (χ0n) is 10.7. The van der Waals surface area contributed by atoms with Gasteiger partial charge in [0.05, 0.1) is 0 Å². The molecule has 1 aromatic heterocycles. The molecule has 0 aliphatic carbocycles. The first-order valence-corrected chi connectivity index (χ1v) is 7.43. The summed E-state index contributed by atoms with van der Waals surface area (Å²) in [6.07, 6.45) is 2.33. The first-order valence-electron chi connectivity index (χ1n) is 6.62. The summed E-state index contributed by atoms with van der Waals surface area (Å²) in [6.45, 7) is 1.82. The molecule has 1 saturated heterocycles. The fourth-order valence-corrected chi connectivity index (χ4v) is 4.08. The Balaban J connectivity index is 1.90. The van der Waals surface area contributed by atoms with Gasteiger partial charge in [0.1, 0.15) is 0 Å². The summed E-state index contributed by atoms with van der Waals surface area (Å²) in [5.74, 6) is 0.705. The topological polar surface area (TPSA) is 21.3 Å². The highest BCUT2D eigenvalue weighted by Gasteiger charge is 2.25. The molecule has 1 aliphatic rings. The highest BCUT2D eigenvalue weighted by molar-refractivity contribution is 7.19. The van der Waals surface area contributed by atoms with E-state index in [1.807, 2.05) is 11.3 Å². The molecule has 3 rings (SSSR count). The van der Waals surface area contributed by atoms with Crippen LogP contribution in [0.1, 0.15) is 23.8 Å². The molecule has 18 heavy (non-hydrogen) atoms. The smallest absolute Gasteiger partial charge is 0.0469 e. The minimum absolute atomic E-state index is 0.478. The molecule has 0 spiro atoms. The number of hydrogen-bond donors (Lipinski definition) is 1. The first kappa shape index (κ1) is 12.2. The molecule has 96 valence electrons. The van der Waals surface area contributed by atoms with Crippen molar-refractivity contribution in [2.24, 2.45) is 5.92 Å². The molecule has 2 heterocycles. The van der Waals surface area contributed by atoms with Gasteiger partial charge >= 0.3 is 0 Å². The summed E-state index contributed by atoms with van der Waals surface area (Å²) in [7, 11) is 2.07. The van der Waals surface area contributed by atoms with E-state index < -0.39 is 0 Å². The van der Waals surface area contributed by atoms with Gasteiger partial charge in [0.25, 0.3) is 0 Å². The maximum atomic E-state index is 5.46. The highest BCUT2D eigenvalue weighted by Crippen LogP contribution is 2.36. The van der Waals surface area contributed by atoms with Gasteiger partial charge in [0.2, 0.25) is 0 Å². The van der Waals surface area contributed by atoms with E-state index in [9.17, 15) is 0 Å². The van der Waals surface area contributed by atoms with E-state index in [1.165, 1.54) is 27.8 Å². The number of rotatable bonds is 3. The number of benzene rings is 1. The van der Waals surface area contributed by atoms with E-state index in [0.717, 1.165) is 13.2 Å². The number of fused-ring (bicyclic) bond motifs is 1. The summed E-state index contributed by atoms with van der Waals surface area (Å²) in [4.78, 5) is 1.46. The van der Waals surface area contributed by atoms with Gasteiger partial charge in [-0.25, -0.2) is 0 Å². The van der Waals surface area contributed by atoms with Crippen molar-refractivity contribution in [2.45, 2.75) is 18.9 Å². The molecule has 2 nitrogen and oxygen atoms in total. The Kier molecular flexibility index (Phi) is 3.64. The SMILES string of the molecule is CNC(c1cc2ccccc2s1)C1CCOCC1. The number of nitrogens with one attached hydrogen (secondary N) is 1. The van der Waals surface area contributed by atoms with E-state index in [2.05, 4.69) is 42.7 Å². The van der Waals surface area contributed by atoms with Crippen molar-refractivity contribution in [2.75, 3.05) is 20.3 Å². The highest BCUT2D eigenvalue weighted by atomic mass is 32.1. The minimum atomic E-state index is 0.478. The third-order valence-electron chi connectivity index (χ3n) is 3.80. The van der Waals surface area contributed by atoms with Crippen molar-refractivity contribution < 1.29 is 4.74 Å². The average Bonchev–Trinajstić information content (AvgIpc) is 2.84. The number of ether oxygens (including phenoxy) is 1. The second-order valence-corrected chi connectivity index (χ2v) is 6.02. The van der Waals surface area contributed by atoms with E-state index in [4.69, 9.17) is 4.74 Å². The van der Waals surface area contributed by atoms with Crippen LogP contribution in [0.4, 0.5) is 0 Å². The van der Waals surface area contributed by atoms with Crippen LogP contribution in [0.3, 0.4) is 0 Å². The summed E-state index contributed by atoms with van der Waals surface area (Å²) >= 11 is 1.92. The molecule has 1 fully saturated rings. The Hall–Kier alpha value is -0.900. The maximum Gasteiger partial charge on any atom is 0.0469 e. The lowest BCUT2D eigenvalue weighted by Gasteiger charge is -2.29. The molecule has 1 aliphatic heterocycles. The average molecular weight is 261 g/mol. The lowest BCUT2D eigenvalue weighted by atomic mass is 9.91. The van der Waals surface area contributed by atoms with Crippen molar-refractivity contribution >= 4 is 21.4 Å². The molecule has 1 aromatic carbocycles. The van der Waals surface area contributed by atoms with E-state index >= 15 is 0 Å². The Morgan fingerprint density at radius 3 is 2.78 bits per heavy atom. The lowest BCUT2D eigenvalue weighted by molar-refractivity contribution is 0.0550. The molecule has 0 bridgehead atoms. The Labute approximate surface area is 112 Å². The van der Waals surface area contributed by atoms with Crippen molar-refractivity contribution in [3.63, 3.8) is 0 Å². The maximum absolute atomic E-state index is 5.46. The second-order valence-electron chi connectivity index (χ2n) is 4.90. The van der Waals surface area contributed by atoms with Crippen LogP contribution in [-0.2, 0) is 4.74 Å². The zero-order chi connectivity index (χ0) is 12.4. The Bertz CT molecular complexity index is 483. The number of hydrogen-bond acceptors (Lipinski definition) is 3. The molecule has 2 aromatic rings. The van der Waals surface area contributed by atoms with Gasteiger partial charge in [-0.2, -0.15) is 0 Å². The Morgan fingerprint density at radius 2 is 2.06 bits per heavy atom. The number of thiophene rings is 1. The fourth-order valence-electron chi connectivity index (χ4n) is 2.82. The predicted octanol–water partition coefficient (Wildman–Crippen LogP) is 3.59. The van der Waals surface area contributed by atoms with Gasteiger partial charge in [-0.15, -0.1) is 11.3 Å². The van der Waals surface area contributed by atoms with Crippen LogP contribution >= 0.6 is 11.3 Å². The molecule has 0 radical (unpaired) electrons. The second kappa shape index (κ2) is 5.39. The van der Waals surface area contributed by atoms with Crippen LogP contribution in [0.25, 0.3) is 10.1 Å². The summed E-state index contributed by atoms with van der Waals surface area (Å²) in [6, 6.07) is 11.5. The van der Waals surface area contributed by atoms with Crippen LogP contribution in [0.5, 0.6) is 0 Å². The fraction of sp³-hybridized carbons (Fsp3) is 0.467. The monoisotopic (exact) mass is 261 g/mol. The van der Waals surface area contributed by atoms with Crippen molar-refractivity contribution in [1.29, 1.82) is 0 Å². The predicted molar refractivity (Wildman–Crippen MR) is 77.2 cm³/mol. The van der Waals surface area contributed by atoms with E-state index in [1.54, 1.807) is 0 Å². The third kappa shape index (κ3) is 2.30. The lowest BCUT2D eigenvalue weighted by Crippen LogP contribution is -2.29. The van der Waals surface area contributed by atoms with Crippen LogP contribution in [0.2, 0.25) is 0 Å². The van der Waals surface area contributed by atoms with Crippen molar-refractivity contribution in [3.05, 3.63) is 35.2 Å². The van der Waals surface area contributed by atoms with Crippen LogP contribution in [-0.4, -0.2) is 20.3 Å². The summed E-state index contributed by atoms with van der Waals surface area (Å²) in [5, 5.41) is 4.87. The largest absolute Gasteiger partial charge is 0.381 e. The molecule has 3 heteroatoms. The molecular weight excluding hydrogens is 242 g/mol. The van der Waals surface area contributed by atoms with Crippen molar-refractivity contribution in [1.82, 2.24) is 5.32 Å². The molecular formula is C15H19NOS. The van der Waals surface area contributed by atoms with E-state index in [0.29, 0.717) is 12.0 Å². The summed E-state index contributed by atoms with van der Waals surface area (Å²) < 4.78 is 6.85. The molecule has 0 amide bonds. The van der Waals surface area contributed by atoms with Gasteiger partial charge < -0.3 is 10.1 Å². The van der Waals surface area contributed by atoms with Gasteiger partial charge in [0, 0.05) is 28.8 Å². The first-order chi connectivity index (χ1) is 8.88. The van der Waals surface area contributed by atoms with Gasteiger partial charge in [-0.05, 0) is 43.3 Å². The summed E-state index contributed by atoms with van der Waals surface area (Å²) in [5.41, 5.74) is 0. The van der Waals surface area contributed by atoms with E-state index in [-0.39, 0.29) is 0 Å². The van der Waals surface area contributed by atoms with Gasteiger partial charge in [0.15, 0.2) is 0 Å². The Morgan fingerprint density at radius 1 is 1.28 bits per heavy atom. The standard InChI is InChI=1S/C15H19NOS/c1-16-15(11-6-8-17-9-7-11)14-10-12-4-2-3-5-13(12)18-14/h2-5,10-11,15-16H,6-9H2,1H3. The molecule has 1 N–H and O–H groups in total. The third-order valence-corrected chi connectivity index (χ3v) is 5.00. The van der Waals surface area contributed by atoms with Gasteiger partial charge in [-0.3, -0.25) is 0 Å². The molecule has 1 atom stereocenters. The minimum Gasteiger partial charge on any atom is -0.381 e.